The number of para-hydroxylation sites is 1. The Balaban J connectivity index is 1.37. The quantitative estimate of drug-likeness (QED) is 0.455. The second-order valence-corrected chi connectivity index (χ2v) is 7.85. The van der Waals surface area contributed by atoms with Gasteiger partial charge in [-0.2, -0.15) is 0 Å². The van der Waals surface area contributed by atoms with E-state index in [2.05, 4.69) is 0 Å². The number of amides is 1. The Morgan fingerprint density at radius 3 is 2.03 bits per heavy atom. The van der Waals surface area contributed by atoms with Crippen LogP contribution in [0.5, 0.6) is 11.5 Å². The third kappa shape index (κ3) is 3.55. The maximum absolute atomic E-state index is 13.2. The molecule has 0 aliphatic carbocycles. The summed E-state index contributed by atoms with van der Waals surface area (Å²) in [6.07, 6.45) is 0.612. The van der Waals surface area contributed by atoms with E-state index < -0.39 is 5.72 Å². The van der Waals surface area contributed by atoms with E-state index in [1.165, 1.54) is 0 Å². The van der Waals surface area contributed by atoms with Gasteiger partial charge in [0.1, 0.15) is 11.5 Å². The average molecular weight is 421 g/mol. The highest BCUT2D eigenvalue weighted by atomic mass is 16.5. The van der Waals surface area contributed by atoms with E-state index in [0.29, 0.717) is 29.7 Å². The Morgan fingerprint density at radius 2 is 1.31 bits per heavy atom. The molecule has 1 atom stereocenters. The number of hydrogen-bond donors (Lipinski definition) is 1. The van der Waals surface area contributed by atoms with E-state index in [9.17, 15) is 9.90 Å². The Morgan fingerprint density at radius 1 is 0.719 bits per heavy atom. The lowest BCUT2D eigenvalue weighted by Gasteiger charge is -2.35. The smallest absolute Gasteiger partial charge is 0.257 e. The second kappa shape index (κ2) is 8.33. The number of carbonyl (C=O) groups excluding carboxylic acids is 1. The van der Waals surface area contributed by atoms with Gasteiger partial charge in [-0.25, -0.2) is 0 Å². The van der Waals surface area contributed by atoms with Crippen molar-refractivity contribution in [2.24, 2.45) is 0 Å². The van der Waals surface area contributed by atoms with Crippen LogP contribution in [0.4, 0.5) is 0 Å². The van der Waals surface area contributed by atoms with Crippen LogP contribution in [-0.4, -0.2) is 22.5 Å². The first-order chi connectivity index (χ1) is 15.7. The van der Waals surface area contributed by atoms with Crippen LogP contribution < -0.4 is 4.74 Å². The maximum Gasteiger partial charge on any atom is 0.257 e. The summed E-state index contributed by atoms with van der Waals surface area (Å²) >= 11 is 0. The van der Waals surface area contributed by atoms with Gasteiger partial charge >= 0.3 is 0 Å². The van der Waals surface area contributed by atoms with E-state index in [0.717, 1.165) is 17.1 Å². The van der Waals surface area contributed by atoms with Crippen molar-refractivity contribution in [2.75, 3.05) is 6.54 Å². The molecule has 0 saturated carbocycles. The molecule has 4 heteroatoms. The monoisotopic (exact) mass is 421 g/mol. The highest BCUT2D eigenvalue weighted by Gasteiger charge is 2.49. The summed E-state index contributed by atoms with van der Waals surface area (Å²) in [7, 11) is 0. The zero-order chi connectivity index (χ0) is 22.0. The minimum absolute atomic E-state index is 0.156. The summed E-state index contributed by atoms with van der Waals surface area (Å²) in [5, 5.41) is 11.8. The number of ether oxygens (including phenoxy) is 1. The SMILES string of the molecule is O=C1c2ccccc2C(O)(c2ccccc2)N1CCc1ccc(Oc2ccccc2)cc1. The molecular formula is C28H23NO3. The molecule has 0 spiro atoms. The Labute approximate surface area is 187 Å². The van der Waals surface area contributed by atoms with Gasteiger partial charge in [0.15, 0.2) is 5.72 Å². The largest absolute Gasteiger partial charge is 0.457 e. The molecule has 32 heavy (non-hydrogen) atoms. The van der Waals surface area contributed by atoms with Crippen molar-refractivity contribution in [1.29, 1.82) is 0 Å². The number of rotatable bonds is 6. The fourth-order valence-electron chi connectivity index (χ4n) is 4.25. The van der Waals surface area contributed by atoms with E-state index in [1.807, 2.05) is 103 Å². The average Bonchev–Trinajstić information content (AvgIpc) is 3.07. The molecule has 0 fully saturated rings. The molecule has 4 nitrogen and oxygen atoms in total. The minimum atomic E-state index is -1.48. The number of fused-ring (bicyclic) bond motifs is 1. The highest BCUT2D eigenvalue weighted by molar-refractivity contribution is 6.00. The fraction of sp³-hybridized carbons (Fsp3) is 0.107. The first-order valence-electron chi connectivity index (χ1n) is 10.7. The molecule has 0 saturated heterocycles. The number of hydrogen-bond acceptors (Lipinski definition) is 3. The molecule has 1 aliphatic rings. The summed E-state index contributed by atoms with van der Waals surface area (Å²) < 4.78 is 5.86. The number of benzene rings is 4. The fourth-order valence-corrected chi connectivity index (χ4v) is 4.25. The van der Waals surface area contributed by atoms with Gasteiger partial charge in [-0.05, 0) is 42.3 Å². The van der Waals surface area contributed by atoms with Gasteiger partial charge in [-0.3, -0.25) is 4.79 Å². The van der Waals surface area contributed by atoms with Crippen molar-refractivity contribution in [3.63, 3.8) is 0 Å². The molecule has 5 rings (SSSR count). The lowest BCUT2D eigenvalue weighted by molar-refractivity contribution is -0.0493. The summed E-state index contributed by atoms with van der Waals surface area (Å²) in [5.41, 5.74) is 1.44. The predicted octanol–water partition coefficient (Wildman–Crippen LogP) is 5.37. The standard InChI is InChI=1S/C28H23NO3/c30-27-25-13-7-8-14-26(25)28(31,22-9-3-1-4-10-22)29(27)20-19-21-15-17-24(18-16-21)32-23-11-5-2-6-12-23/h1-18,31H,19-20H2. The van der Waals surface area contributed by atoms with Gasteiger partial charge in [0.25, 0.3) is 5.91 Å². The van der Waals surface area contributed by atoms with E-state index in [-0.39, 0.29) is 5.91 Å². The number of aliphatic hydroxyl groups is 1. The van der Waals surface area contributed by atoms with Crippen LogP contribution in [0.25, 0.3) is 0 Å². The molecular weight excluding hydrogens is 398 g/mol. The summed E-state index contributed by atoms with van der Waals surface area (Å²) in [6.45, 7) is 0.387. The second-order valence-electron chi connectivity index (χ2n) is 7.85. The van der Waals surface area contributed by atoms with Gasteiger partial charge in [-0.15, -0.1) is 0 Å². The first-order valence-corrected chi connectivity index (χ1v) is 10.7. The zero-order valence-corrected chi connectivity index (χ0v) is 17.5. The zero-order valence-electron chi connectivity index (χ0n) is 17.5. The van der Waals surface area contributed by atoms with E-state index in [4.69, 9.17) is 4.74 Å². The van der Waals surface area contributed by atoms with E-state index >= 15 is 0 Å². The van der Waals surface area contributed by atoms with Gasteiger partial charge in [0, 0.05) is 23.2 Å². The summed E-state index contributed by atoms with van der Waals surface area (Å²) in [5.74, 6) is 1.38. The summed E-state index contributed by atoms with van der Waals surface area (Å²) in [6, 6.07) is 34.1. The van der Waals surface area contributed by atoms with Crippen molar-refractivity contribution in [1.82, 2.24) is 4.90 Å². The molecule has 1 N–H and O–H groups in total. The molecule has 1 amide bonds. The van der Waals surface area contributed by atoms with Crippen molar-refractivity contribution in [3.8, 4) is 11.5 Å². The molecule has 1 aliphatic heterocycles. The number of nitrogens with zero attached hydrogens (tertiary/aromatic N) is 1. The van der Waals surface area contributed by atoms with Crippen LogP contribution in [-0.2, 0) is 12.1 Å². The van der Waals surface area contributed by atoms with Crippen molar-refractivity contribution < 1.29 is 14.6 Å². The topological polar surface area (TPSA) is 49.8 Å². The third-order valence-electron chi connectivity index (χ3n) is 5.87. The molecule has 4 aromatic rings. The van der Waals surface area contributed by atoms with E-state index in [1.54, 1.807) is 11.0 Å². The molecule has 4 aromatic carbocycles. The van der Waals surface area contributed by atoms with Gasteiger partial charge in [0.05, 0.1) is 0 Å². The van der Waals surface area contributed by atoms with Crippen LogP contribution in [0.2, 0.25) is 0 Å². The Bertz CT molecular complexity index is 1220. The van der Waals surface area contributed by atoms with Crippen LogP contribution in [0.15, 0.2) is 109 Å². The molecule has 0 bridgehead atoms. The van der Waals surface area contributed by atoms with Crippen molar-refractivity contribution in [3.05, 3.63) is 131 Å². The number of carbonyl (C=O) groups is 1. The van der Waals surface area contributed by atoms with Crippen LogP contribution in [0.1, 0.15) is 27.0 Å². The Kier molecular flexibility index (Phi) is 5.21. The minimum Gasteiger partial charge on any atom is -0.457 e. The lowest BCUT2D eigenvalue weighted by Crippen LogP contribution is -2.45. The Hall–Kier alpha value is -3.89. The van der Waals surface area contributed by atoms with Crippen LogP contribution >= 0.6 is 0 Å². The van der Waals surface area contributed by atoms with Crippen LogP contribution in [0, 0.1) is 0 Å². The lowest BCUT2D eigenvalue weighted by atomic mass is 9.93. The molecule has 0 radical (unpaired) electrons. The van der Waals surface area contributed by atoms with Gasteiger partial charge in [0.2, 0.25) is 0 Å². The van der Waals surface area contributed by atoms with Gasteiger partial charge < -0.3 is 14.7 Å². The highest BCUT2D eigenvalue weighted by Crippen LogP contribution is 2.42. The van der Waals surface area contributed by atoms with Crippen molar-refractivity contribution >= 4 is 5.91 Å². The predicted molar refractivity (Wildman–Crippen MR) is 124 cm³/mol. The summed E-state index contributed by atoms with van der Waals surface area (Å²) in [4.78, 5) is 14.8. The molecule has 1 unspecified atom stereocenters. The molecule has 1 heterocycles. The van der Waals surface area contributed by atoms with Crippen molar-refractivity contribution in [2.45, 2.75) is 12.1 Å². The normalized spacial score (nSPS) is 17.3. The van der Waals surface area contributed by atoms with Gasteiger partial charge in [-0.1, -0.05) is 78.9 Å². The van der Waals surface area contributed by atoms with Crippen LogP contribution in [0.3, 0.4) is 0 Å². The third-order valence-corrected chi connectivity index (χ3v) is 5.87. The first kappa shape index (κ1) is 20.0. The molecule has 0 aromatic heterocycles. The molecule has 158 valence electrons. The maximum atomic E-state index is 13.2.